The Kier molecular flexibility index (Phi) is 14.4. The summed E-state index contributed by atoms with van der Waals surface area (Å²) < 4.78 is 0. The summed E-state index contributed by atoms with van der Waals surface area (Å²) in [6.07, 6.45) is 13.8. The molecule has 1 aromatic carbocycles. The lowest BCUT2D eigenvalue weighted by atomic mass is 9.95. The van der Waals surface area contributed by atoms with Gasteiger partial charge in [0.15, 0.2) is 0 Å². The van der Waals surface area contributed by atoms with E-state index < -0.39 is 0 Å². The van der Waals surface area contributed by atoms with Crippen LogP contribution in [-0.4, -0.2) is 5.11 Å². The van der Waals surface area contributed by atoms with Gasteiger partial charge in [0.05, 0.1) is 5.76 Å². The predicted molar refractivity (Wildman–Crippen MR) is 104 cm³/mol. The van der Waals surface area contributed by atoms with E-state index in [2.05, 4.69) is 6.92 Å². The molecule has 1 aromatic rings. The fraction of sp³-hybridized carbons (Fsp3) is 0.545. The minimum Gasteiger partial charge on any atom is -0.512 e. The van der Waals surface area contributed by atoms with E-state index in [4.69, 9.17) is 5.11 Å². The van der Waals surface area contributed by atoms with E-state index >= 15 is 0 Å². The minimum atomic E-state index is 0.329. The van der Waals surface area contributed by atoms with E-state index in [9.17, 15) is 0 Å². The third-order valence-electron chi connectivity index (χ3n) is 3.84. The van der Waals surface area contributed by atoms with Gasteiger partial charge in [0.1, 0.15) is 0 Å². The van der Waals surface area contributed by atoms with Crippen molar-refractivity contribution in [3.8, 4) is 0 Å². The number of allylic oxidation sites excluding steroid dienone is 4. The summed E-state index contributed by atoms with van der Waals surface area (Å²) >= 11 is 0. The topological polar surface area (TPSA) is 20.2 Å². The van der Waals surface area contributed by atoms with Gasteiger partial charge in [-0.15, -0.1) is 0 Å². The Hall–Kier alpha value is -1.50. The van der Waals surface area contributed by atoms with Crippen molar-refractivity contribution in [1.29, 1.82) is 0 Å². The van der Waals surface area contributed by atoms with Gasteiger partial charge in [-0.1, -0.05) is 107 Å². The molecule has 1 unspecified atom stereocenters. The van der Waals surface area contributed by atoms with Crippen molar-refractivity contribution in [2.24, 2.45) is 5.92 Å². The smallest absolute Gasteiger partial charge is 0.0953 e. The van der Waals surface area contributed by atoms with Crippen LogP contribution in [0.2, 0.25) is 0 Å². The zero-order valence-corrected chi connectivity index (χ0v) is 15.6. The van der Waals surface area contributed by atoms with Crippen LogP contribution in [0.3, 0.4) is 0 Å². The van der Waals surface area contributed by atoms with Crippen LogP contribution in [0.1, 0.15) is 72.6 Å². The van der Waals surface area contributed by atoms with Crippen LogP contribution in [0, 0.1) is 5.92 Å². The summed E-state index contributed by atoms with van der Waals surface area (Å²) in [5.74, 6) is 0.843. The number of hydrogen-bond donors (Lipinski definition) is 1. The van der Waals surface area contributed by atoms with E-state index in [1.54, 1.807) is 6.08 Å². The van der Waals surface area contributed by atoms with Gasteiger partial charge in [-0.05, 0) is 19.4 Å². The van der Waals surface area contributed by atoms with Crippen molar-refractivity contribution in [2.75, 3.05) is 0 Å². The lowest BCUT2D eigenvalue weighted by molar-refractivity contribution is 0.336. The molecule has 1 nitrogen and oxygen atoms in total. The summed E-state index contributed by atoms with van der Waals surface area (Å²) in [7, 11) is 0. The van der Waals surface area contributed by atoms with Gasteiger partial charge in [-0.3, -0.25) is 0 Å². The molecule has 3 rings (SSSR count). The third-order valence-corrected chi connectivity index (χ3v) is 3.84. The first-order valence-corrected chi connectivity index (χ1v) is 9.26. The van der Waals surface area contributed by atoms with Crippen molar-refractivity contribution >= 4 is 0 Å². The van der Waals surface area contributed by atoms with Gasteiger partial charge in [-0.25, -0.2) is 0 Å². The second kappa shape index (κ2) is 15.4. The molecule has 1 fully saturated rings. The Balaban J connectivity index is 0.000000307. The van der Waals surface area contributed by atoms with Gasteiger partial charge in [0.2, 0.25) is 0 Å². The van der Waals surface area contributed by atoms with Crippen LogP contribution in [0.5, 0.6) is 0 Å². The Morgan fingerprint density at radius 2 is 1.09 bits per heavy atom. The Labute approximate surface area is 144 Å². The number of benzene rings is 1. The standard InChI is InChI=1S/C8H12O.C6H12.C6H6.C2H6/c1-6-3-4-8(9)7(2)5-6;2*1-2-4-6-5-3-1;1-2/h3-4,7,9H,5H2,1-2H3;1-6H2;1-6H;1-2H3. The largest absolute Gasteiger partial charge is 0.512 e. The van der Waals surface area contributed by atoms with Gasteiger partial charge in [-0.2, -0.15) is 0 Å². The van der Waals surface area contributed by atoms with E-state index in [0.717, 1.165) is 6.42 Å². The first kappa shape index (κ1) is 21.5. The second-order valence-electron chi connectivity index (χ2n) is 5.99. The maximum Gasteiger partial charge on any atom is 0.0953 e. The Morgan fingerprint density at radius 3 is 1.35 bits per heavy atom. The second-order valence-corrected chi connectivity index (χ2v) is 5.99. The lowest BCUT2D eigenvalue weighted by Gasteiger charge is -2.14. The Morgan fingerprint density at radius 1 is 0.739 bits per heavy atom. The van der Waals surface area contributed by atoms with E-state index in [1.165, 1.54) is 44.1 Å². The molecule has 0 bridgehead atoms. The summed E-state index contributed by atoms with van der Waals surface area (Å²) in [5.41, 5.74) is 1.35. The van der Waals surface area contributed by atoms with Crippen LogP contribution in [-0.2, 0) is 0 Å². The maximum atomic E-state index is 9.11. The van der Waals surface area contributed by atoms with E-state index in [1.807, 2.05) is 63.2 Å². The average Bonchev–Trinajstić information content (AvgIpc) is 2.64. The molecule has 1 heteroatoms. The normalized spacial score (nSPS) is 19.2. The molecule has 0 spiro atoms. The molecule has 0 aliphatic heterocycles. The molecule has 1 saturated carbocycles. The van der Waals surface area contributed by atoms with Gasteiger partial charge < -0.3 is 5.11 Å². The van der Waals surface area contributed by atoms with Gasteiger partial charge in [0.25, 0.3) is 0 Å². The van der Waals surface area contributed by atoms with Crippen molar-refractivity contribution < 1.29 is 5.11 Å². The molecular weight excluding hydrogens is 280 g/mol. The van der Waals surface area contributed by atoms with E-state index in [0.29, 0.717) is 11.7 Å². The van der Waals surface area contributed by atoms with E-state index in [-0.39, 0.29) is 0 Å². The molecule has 0 aromatic heterocycles. The summed E-state index contributed by atoms with van der Waals surface area (Å²) in [6.45, 7) is 8.11. The molecule has 1 N–H and O–H groups in total. The molecule has 0 heterocycles. The van der Waals surface area contributed by atoms with Crippen LogP contribution in [0.4, 0.5) is 0 Å². The highest BCUT2D eigenvalue weighted by molar-refractivity contribution is 5.20. The van der Waals surface area contributed by atoms with Gasteiger partial charge >= 0.3 is 0 Å². The van der Waals surface area contributed by atoms with Crippen LogP contribution < -0.4 is 0 Å². The van der Waals surface area contributed by atoms with Crippen LogP contribution in [0.15, 0.2) is 59.9 Å². The first-order valence-electron chi connectivity index (χ1n) is 9.26. The number of aliphatic hydroxyl groups is 1. The quantitative estimate of drug-likeness (QED) is 0.526. The molecule has 2 aliphatic rings. The van der Waals surface area contributed by atoms with Crippen molar-refractivity contribution in [2.45, 2.75) is 72.6 Å². The molecule has 1 atom stereocenters. The maximum absolute atomic E-state index is 9.11. The van der Waals surface area contributed by atoms with Crippen molar-refractivity contribution in [3.05, 3.63) is 59.9 Å². The highest BCUT2D eigenvalue weighted by Crippen LogP contribution is 2.21. The first-order chi connectivity index (χ1) is 11.2. The summed E-state index contributed by atoms with van der Waals surface area (Å²) in [6, 6.07) is 12.0. The molecule has 2 aliphatic carbocycles. The molecule has 0 saturated heterocycles. The minimum absolute atomic E-state index is 0.329. The number of rotatable bonds is 0. The average molecular weight is 317 g/mol. The summed E-state index contributed by atoms with van der Waals surface area (Å²) in [5, 5.41) is 9.11. The Bertz CT molecular complexity index is 375. The molecule has 23 heavy (non-hydrogen) atoms. The fourth-order valence-corrected chi connectivity index (χ4v) is 2.49. The zero-order valence-electron chi connectivity index (χ0n) is 15.6. The van der Waals surface area contributed by atoms with Crippen LogP contribution >= 0.6 is 0 Å². The molecule has 130 valence electrons. The number of aliphatic hydroxyl groups excluding tert-OH is 1. The monoisotopic (exact) mass is 316 g/mol. The number of hydrogen-bond acceptors (Lipinski definition) is 1. The van der Waals surface area contributed by atoms with Crippen LogP contribution in [0.25, 0.3) is 0 Å². The molecular formula is C22H36O. The molecule has 0 amide bonds. The predicted octanol–water partition coefficient (Wildman–Crippen LogP) is 7.47. The highest BCUT2D eigenvalue weighted by atomic mass is 16.3. The zero-order chi connectivity index (χ0) is 17.3. The van der Waals surface area contributed by atoms with Crippen molar-refractivity contribution in [3.63, 3.8) is 0 Å². The molecule has 0 radical (unpaired) electrons. The lowest BCUT2D eigenvalue weighted by Crippen LogP contribution is -2.02. The highest BCUT2D eigenvalue weighted by Gasteiger charge is 2.10. The summed E-state index contributed by atoms with van der Waals surface area (Å²) in [4.78, 5) is 0. The van der Waals surface area contributed by atoms with Gasteiger partial charge in [0, 0.05) is 5.92 Å². The fourth-order valence-electron chi connectivity index (χ4n) is 2.49. The SMILES string of the molecule is C1CCCCC1.CC.CC1=CC=C(O)C(C)C1.c1ccccc1. The third kappa shape index (κ3) is 12.7. The van der Waals surface area contributed by atoms with Crippen molar-refractivity contribution in [1.82, 2.24) is 0 Å².